The summed E-state index contributed by atoms with van der Waals surface area (Å²) < 4.78 is 39.6. The maximum Gasteiger partial charge on any atom is 0.433 e. The molecule has 3 heterocycles. The first kappa shape index (κ1) is 29.7. The van der Waals surface area contributed by atoms with Crippen molar-refractivity contribution in [3.05, 3.63) is 99.2 Å². The van der Waals surface area contributed by atoms with Crippen molar-refractivity contribution in [2.45, 2.75) is 33.9 Å². The molecule has 0 aliphatic carbocycles. The predicted octanol–water partition coefficient (Wildman–Crippen LogP) is 8.26. The van der Waals surface area contributed by atoms with Crippen molar-refractivity contribution in [2.24, 2.45) is 0 Å². The number of hydrogen-bond donors (Lipinski definition) is 0. The molecule has 0 saturated heterocycles. The highest BCUT2D eigenvalue weighted by atomic mass is 35.5. The van der Waals surface area contributed by atoms with Crippen LogP contribution in [0.5, 0.6) is 0 Å². The summed E-state index contributed by atoms with van der Waals surface area (Å²) >= 11 is 12.1. The van der Waals surface area contributed by atoms with E-state index >= 15 is 0 Å². The fourth-order valence-electron chi connectivity index (χ4n) is 3.57. The van der Waals surface area contributed by atoms with Gasteiger partial charge in [-0.15, -0.1) is 10.2 Å². The van der Waals surface area contributed by atoms with E-state index in [1.165, 1.54) is 6.20 Å². The van der Waals surface area contributed by atoms with Crippen molar-refractivity contribution < 1.29 is 13.2 Å². The molecule has 0 atom stereocenters. The zero-order chi connectivity index (χ0) is 28.7. The molecule has 0 spiro atoms. The van der Waals surface area contributed by atoms with Gasteiger partial charge in [-0.1, -0.05) is 75.2 Å². The number of alkyl halides is 3. The van der Waals surface area contributed by atoms with Gasteiger partial charge in [-0.3, -0.25) is 9.78 Å². The zero-order valence-corrected chi connectivity index (χ0v) is 23.0. The van der Waals surface area contributed by atoms with Gasteiger partial charge in [0.25, 0.3) is 0 Å². The summed E-state index contributed by atoms with van der Waals surface area (Å²) in [6, 6.07) is 15.9. The van der Waals surface area contributed by atoms with Crippen molar-refractivity contribution in [2.75, 3.05) is 0 Å². The summed E-state index contributed by atoms with van der Waals surface area (Å²) in [6.45, 7) is 8.00. The first-order chi connectivity index (χ1) is 18.7. The van der Waals surface area contributed by atoms with Crippen LogP contribution in [0.2, 0.25) is 10.0 Å². The largest absolute Gasteiger partial charge is 0.433 e. The normalized spacial score (nSPS) is 10.8. The Labute approximate surface area is 233 Å². The van der Waals surface area contributed by atoms with E-state index in [0.29, 0.717) is 26.7 Å². The van der Waals surface area contributed by atoms with Crippen molar-refractivity contribution >= 4 is 28.8 Å². The predicted molar refractivity (Wildman–Crippen MR) is 149 cm³/mol. The van der Waals surface area contributed by atoms with Crippen LogP contribution in [0, 0.1) is 0 Å². The third-order valence-corrected chi connectivity index (χ3v) is 5.75. The SMILES string of the molecule is CC.CC.O=c1c(-c2ccc(C(F)(F)F)nc2)nnc2c(-c3ccc(Cl)cc3)c(-c3ccc(Cl)cc3)cnn12. The number of aromatic nitrogens is 5. The average molecular weight is 574 g/mol. The van der Waals surface area contributed by atoms with Crippen LogP contribution in [0.3, 0.4) is 0 Å². The molecular weight excluding hydrogens is 550 g/mol. The molecule has 6 nitrogen and oxygen atoms in total. The number of halogens is 5. The second kappa shape index (κ2) is 12.8. The molecule has 0 saturated carbocycles. The molecule has 2 aromatic carbocycles. The minimum atomic E-state index is -4.60. The van der Waals surface area contributed by atoms with Crippen LogP contribution in [0.25, 0.3) is 39.2 Å². The number of benzene rings is 2. The van der Waals surface area contributed by atoms with Gasteiger partial charge in [0, 0.05) is 32.9 Å². The van der Waals surface area contributed by atoms with E-state index < -0.39 is 17.4 Å². The summed E-state index contributed by atoms with van der Waals surface area (Å²) in [4.78, 5) is 16.6. The van der Waals surface area contributed by atoms with E-state index in [9.17, 15) is 18.0 Å². The highest BCUT2D eigenvalue weighted by Gasteiger charge is 2.32. The fraction of sp³-hybridized carbons (Fsp3) is 0.179. The Balaban J connectivity index is 0.00000100. The first-order valence-corrected chi connectivity index (χ1v) is 12.8. The molecule has 0 radical (unpaired) electrons. The number of nitrogens with zero attached hydrogens (tertiary/aromatic N) is 5. The molecule has 0 aliphatic heterocycles. The van der Waals surface area contributed by atoms with E-state index in [0.717, 1.165) is 28.4 Å². The Morgan fingerprint density at radius 1 is 0.718 bits per heavy atom. The van der Waals surface area contributed by atoms with Gasteiger partial charge in [0.05, 0.1) is 6.20 Å². The maximum absolute atomic E-state index is 13.3. The molecule has 5 aromatic rings. The summed E-state index contributed by atoms with van der Waals surface area (Å²) in [5, 5.41) is 13.6. The molecule has 5 rings (SSSR count). The molecule has 0 fully saturated rings. The Morgan fingerprint density at radius 2 is 1.26 bits per heavy atom. The highest BCUT2D eigenvalue weighted by Crippen LogP contribution is 2.35. The minimum absolute atomic E-state index is 0.0847. The average Bonchev–Trinajstić information content (AvgIpc) is 2.95. The lowest BCUT2D eigenvalue weighted by atomic mass is 9.97. The molecule has 0 aliphatic rings. The molecule has 0 bridgehead atoms. The molecule has 0 N–H and O–H groups in total. The summed E-state index contributed by atoms with van der Waals surface area (Å²) in [5.74, 6) is 0. The van der Waals surface area contributed by atoms with Crippen LogP contribution in [0.1, 0.15) is 33.4 Å². The fourth-order valence-corrected chi connectivity index (χ4v) is 3.83. The number of hydrogen-bond acceptors (Lipinski definition) is 5. The molecule has 11 heteroatoms. The van der Waals surface area contributed by atoms with Gasteiger partial charge in [0.15, 0.2) is 11.3 Å². The monoisotopic (exact) mass is 573 g/mol. The lowest BCUT2D eigenvalue weighted by Crippen LogP contribution is -2.22. The topological polar surface area (TPSA) is 73.0 Å². The zero-order valence-electron chi connectivity index (χ0n) is 21.5. The van der Waals surface area contributed by atoms with E-state index in [4.69, 9.17) is 23.2 Å². The van der Waals surface area contributed by atoms with Gasteiger partial charge in [0.1, 0.15) is 5.69 Å². The number of rotatable bonds is 3. The lowest BCUT2D eigenvalue weighted by Gasteiger charge is -2.13. The number of pyridine rings is 1. The molecular formula is C28H24Cl2F3N5O. The quantitative estimate of drug-likeness (QED) is 0.217. The number of fused-ring (bicyclic) bond motifs is 1. The molecule has 0 amide bonds. The van der Waals surface area contributed by atoms with Crippen molar-refractivity contribution in [1.29, 1.82) is 0 Å². The molecule has 39 heavy (non-hydrogen) atoms. The smallest absolute Gasteiger partial charge is 0.265 e. The minimum Gasteiger partial charge on any atom is -0.265 e. The van der Waals surface area contributed by atoms with Crippen molar-refractivity contribution in [1.82, 2.24) is 24.8 Å². The molecule has 202 valence electrons. The van der Waals surface area contributed by atoms with Crippen LogP contribution in [-0.2, 0) is 6.18 Å². The summed E-state index contributed by atoms with van der Waals surface area (Å²) in [7, 11) is 0. The van der Waals surface area contributed by atoms with Gasteiger partial charge < -0.3 is 0 Å². The van der Waals surface area contributed by atoms with Crippen LogP contribution in [-0.4, -0.2) is 24.8 Å². The van der Waals surface area contributed by atoms with E-state index in [2.05, 4.69) is 20.3 Å². The van der Waals surface area contributed by atoms with Crippen molar-refractivity contribution in [3.63, 3.8) is 0 Å². The van der Waals surface area contributed by atoms with Gasteiger partial charge in [-0.25, -0.2) is 0 Å². The Bertz CT molecular complexity index is 1600. The van der Waals surface area contributed by atoms with Crippen LogP contribution in [0.4, 0.5) is 13.2 Å². The van der Waals surface area contributed by atoms with E-state index in [1.54, 1.807) is 36.4 Å². The van der Waals surface area contributed by atoms with Crippen LogP contribution >= 0.6 is 23.2 Å². The van der Waals surface area contributed by atoms with Crippen LogP contribution in [0.15, 0.2) is 77.9 Å². The van der Waals surface area contributed by atoms with Gasteiger partial charge in [-0.2, -0.15) is 22.8 Å². The summed E-state index contributed by atoms with van der Waals surface area (Å²) in [6.07, 6.45) is -2.16. The van der Waals surface area contributed by atoms with Crippen molar-refractivity contribution in [3.8, 4) is 33.5 Å². The van der Waals surface area contributed by atoms with E-state index in [-0.39, 0.29) is 16.9 Å². The Hall–Kier alpha value is -3.82. The molecule has 3 aromatic heterocycles. The van der Waals surface area contributed by atoms with E-state index in [1.807, 2.05) is 39.8 Å². The lowest BCUT2D eigenvalue weighted by molar-refractivity contribution is -0.141. The van der Waals surface area contributed by atoms with Gasteiger partial charge in [-0.05, 0) is 47.5 Å². The Kier molecular flexibility index (Phi) is 9.77. The highest BCUT2D eigenvalue weighted by molar-refractivity contribution is 6.31. The second-order valence-electron chi connectivity index (χ2n) is 7.47. The van der Waals surface area contributed by atoms with Gasteiger partial charge in [0.2, 0.25) is 0 Å². The standard InChI is InChI=1S/C24H12Cl2F3N5O.2C2H6/c25-16-6-1-13(2-7-16)18-12-31-34-22(20(18)14-3-8-17(26)9-4-14)33-32-21(23(34)35)15-5-10-19(30-11-15)24(27,28)29;2*1-2/h1-12H;2*1-2H3. The first-order valence-electron chi connectivity index (χ1n) is 12.1. The third kappa shape index (κ3) is 6.43. The maximum atomic E-state index is 13.3. The van der Waals surface area contributed by atoms with Gasteiger partial charge >= 0.3 is 11.7 Å². The molecule has 0 unspecified atom stereocenters. The second-order valence-corrected chi connectivity index (χ2v) is 8.34. The third-order valence-electron chi connectivity index (χ3n) is 5.25. The van der Waals surface area contributed by atoms with Crippen LogP contribution < -0.4 is 5.56 Å². The summed E-state index contributed by atoms with van der Waals surface area (Å²) in [5.41, 5.74) is 1.05. The Morgan fingerprint density at radius 3 is 1.77 bits per heavy atom.